The van der Waals surface area contributed by atoms with E-state index in [1.807, 2.05) is 44.2 Å². The molecule has 0 spiro atoms. The van der Waals surface area contributed by atoms with Gasteiger partial charge in [0.2, 0.25) is 0 Å². The second-order valence-corrected chi connectivity index (χ2v) is 5.49. The highest BCUT2D eigenvalue weighted by atomic mass is 16.3. The van der Waals surface area contributed by atoms with E-state index in [2.05, 4.69) is 11.8 Å². The lowest BCUT2D eigenvalue weighted by Gasteiger charge is -2.17. The fourth-order valence-electron chi connectivity index (χ4n) is 2.27. The third-order valence-corrected chi connectivity index (χ3v) is 3.51. The minimum Gasteiger partial charge on any atom is -0.508 e. The Morgan fingerprint density at radius 2 is 1.83 bits per heavy atom. The van der Waals surface area contributed by atoms with Gasteiger partial charge in [0.15, 0.2) is 0 Å². The Bertz CT molecular complexity index is 725. The van der Waals surface area contributed by atoms with Crippen LogP contribution >= 0.6 is 0 Å². The number of nitrogens with two attached hydrogens (primary N) is 1. The first-order chi connectivity index (χ1) is 10.9. The van der Waals surface area contributed by atoms with Gasteiger partial charge >= 0.3 is 0 Å². The van der Waals surface area contributed by atoms with Gasteiger partial charge in [-0.3, -0.25) is 0 Å². The standard InChI is InChI=1S/C18H21N3O2/c1-12(2)14-9-15(18(23)10-17(14)22)16(19)11-21(20-3)13-7-5-4-6-8-13/h4-12,22-23H,3,19H2,1-2H3/b16-11-. The van der Waals surface area contributed by atoms with Crippen molar-refractivity contribution in [3.05, 3.63) is 59.8 Å². The zero-order valence-corrected chi connectivity index (χ0v) is 13.3. The fraction of sp³-hybridized carbons (Fsp3) is 0.167. The molecule has 0 aromatic heterocycles. The molecule has 4 N–H and O–H groups in total. The van der Waals surface area contributed by atoms with E-state index < -0.39 is 0 Å². The molecule has 0 heterocycles. The molecule has 5 nitrogen and oxygen atoms in total. The summed E-state index contributed by atoms with van der Waals surface area (Å²) in [6.45, 7) is 7.45. The van der Waals surface area contributed by atoms with Crippen LogP contribution in [0.25, 0.3) is 5.70 Å². The largest absolute Gasteiger partial charge is 0.508 e. The molecule has 0 aliphatic carbocycles. The maximum Gasteiger partial charge on any atom is 0.128 e. The zero-order chi connectivity index (χ0) is 17.0. The molecule has 0 bridgehead atoms. The Morgan fingerprint density at radius 1 is 1.17 bits per heavy atom. The summed E-state index contributed by atoms with van der Waals surface area (Å²) in [5, 5.41) is 25.4. The molecule has 0 fully saturated rings. The number of hydrogen-bond donors (Lipinski definition) is 3. The maximum atomic E-state index is 10.1. The number of aromatic hydroxyl groups is 2. The van der Waals surface area contributed by atoms with Crippen LogP contribution in [-0.2, 0) is 0 Å². The van der Waals surface area contributed by atoms with Crippen LogP contribution in [0, 0.1) is 0 Å². The number of phenolic OH excluding ortho intramolecular Hbond substituents is 2. The van der Waals surface area contributed by atoms with Gasteiger partial charge < -0.3 is 15.9 Å². The molecule has 0 aliphatic rings. The third-order valence-electron chi connectivity index (χ3n) is 3.51. The Hall–Kier alpha value is -2.95. The molecule has 0 atom stereocenters. The molecule has 5 heteroatoms. The summed E-state index contributed by atoms with van der Waals surface area (Å²) >= 11 is 0. The highest BCUT2D eigenvalue weighted by molar-refractivity contribution is 5.72. The van der Waals surface area contributed by atoms with Gasteiger partial charge in [0.1, 0.15) is 11.5 Å². The van der Waals surface area contributed by atoms with Crippen LogP contribution in [0.1, 0.15) is 30.9 Å². The lowest BCUT2D eigenvalue weighted by atomic mass is 9.98. The molecule has 120 valence electrons. The summed E-state index contributed by atoms with van der Waals surface area (Å²) in [6.07, 6.45) is 1.58. The van der Waals surface area contributed by atoms with Crippen molar-refractivity contribution in [1.82, 2.24) is 0 Å². The van der Waals surface area contributed by atoms with Crippen molar-refractivity contribution >= 4 is 18.1 Å². The minimum atomic E-state index is -0.0854. The summed E-state index contributed by atoms with van der Waals surface area (Å²) < 4.78 is 0. The number of hydrazone groups is 1. The Balaban J connectivity index is 2.44. The van der Waals surface area contributed by atoms with Crippen molar-refractivity contribution in [2.24, 2.45) is 10.8 Å². The van der Waals surface area contributed by atoms with Gasteiger partial charge in [0, 0.05) is 18.3 Å². The van der Waals surface area contributed by atoms with Crippen LogP contribution in [0.4, 0.5) is 5.69 Å². The molecule has 0 unspecified atom stereocenters. The van der Waals surface area contributed by atoms with Gasteiger partial charge in [-0.05, 0) is 29.7 Å². The first-order valence-electron chi connectivity index (χ1n) is 7.28. The van der Waals surface area contributed by atoms with Crippen LogP contribution in [0.3, 0.4) is 0 Å². The van der Waals surface area contributed by atoms with Gasteiger partial charge in [0.25, 0.3) is 0 Å². The van der Waals surface area contributed by atoms with Crippen LogP contribution < -0.4 is 10.7 Å². The van der Waals surface area contributed by atoms with Crippen LogP contribution in [0.15, 0.2) is 53.8 Å². The van der Waals surface area contributed by atoms with E-state index >= 15 is 0 Å². The number of para-hydroxylation sites is 1. The van der Waals surface area contributed by atoms with Crippen molar-refractivity contribution in [2.75, 3.05) is 5.01 Å². The lowest BCUT2D eigenvalue weighted by Crippen LogP contribution is -2.11. The van der Waals surface area contributed by atoms with E-state index in [9.17, 15) is 10.2 Å². The first kappa shape index (κ1) is 16.4. The topological polar surface area (TPSA) is 82.1 Å². The molecule has 2 aromatic carbocycles. The fourth-order valence-corrected chi connectivity index (χ4v) is 2.27. The maximum absolute atomic E-state index is 10.1. The number of phenols is 2. The molecule has 2 aromatic rings. The molecule has 0 saturated heterocycles. The molecular weight excluding hydrogens is 290 g/mol. The number of anilines is 1. The van der Waals surface area contributed by atoms with Gasteiger partial charge in [-0.15, -0.1) is 0 Å². The Morgan fingerprint density at radius 3 is 2.39 bits per heavy atom. The average molecular weight is 311 g/mol. The summed E-state index contributed by atoms with van der Waals surface area (Å²) in [5.41, 5.74) is 8.39. The van der Waals surface area contributed by atoms with E-state index in [0.29, 0.717) is 16.8 Å². The van der Waals surface area contributed by atoms with Crippen molar-refractivity contribution < 1.29 is 10.2 Å². The van der Waals surface area contributed by atoms with E-state index in [1.165, 1.54) is 11.1 Å². The monoisotopic (exact) mass is 311 g/mol. The average Bonchev–Trinajstić information content (AvgIpc) is 2.52. The number of nitrogens with zero attached hydrogens (tertiary/aromatic N) is 2. The van der Waals surface area contributed by atoms with E-state index in [0.717, 1.165) is 5.69 Å². The zero-order valence-electron chi connectivity index (χ0n) is 13.3. The SMILES string of the molecule is C=NN(/C=C(\N)c1cc(C(C)C)c(O)cc1O)c1ccccc1. The van der Waals surface area contributed by atoms with Crippen molar-refractivity contribution in [2.45, 2.75) is 19.8 Å². The van der Waals surface area contributed by atoms with Crippen LogP contribution in [0.2, 0.25) is 0 Å². The van der Waals surface area contributed by atoms with Crippen molar-refractivity contribution in [1.29, 1.82) is 0 Å². The van der Waals surface area contributed by atoms with Crippen molar-refractivity contribution in [3.8, 4) is 11.5 Å². The Labute approximate surface area is 136 Å². The minimum absolute atomic E-state index is 0.0517. The second kappa shape index (κ2) is 6.87. The van der Waals surface area contributed by atoms with Gasteiger partial charge in [-0.25, -0.2) is 5.01 Å². The molecular formula is C18H21N3O2. The van der Waals surface area contributed by atoms with Gasteiger partial charge in [-0.2, -0.15) is 5.10 Å². The van der Waals surface area contributed by atoms with Crippen LogP contribution in [0.5, 0.6) is 11.5 Å². The van der Waals surface area contributed by atoms with E-state index in [4.69, 9.17) is 5.73 Å². The van der Waals surface area contributed by atoms with E-state index in [1.54, 1.807) is 12.3 Å². The molecule has 0 amide bonds. The first-order valence-corrected chi connectivity index (χ1v) is 7.28. The second-order valence-electron chi connectivity index (χ2n) is 5.49. The highest BCUT2D eigenvalue weighted by Gasteiger charge is 2.14. The molecule has 0 radical (unpaired) electrons. The third kappa shape index (κ3) is 3.63. The predicted molar refractivity (Wildman–Crippen MR) is 94.5 cm³/mol. The smallest absolute Gasteiger partial charge is 0.128 e. The molecule has 0 saturated carbocycles. The highest BCUT2D eigenvalue weighted by Crippen LogP contribution is 2.34. The summed E-state index contributed by atoms with van der Waals surface area (Å²) in [4.78, 5) is 0. The summed E-state index contributed by atoms with van der Waals surface area (Å²) in [5.74, 6) is 0.0680. The van der Waals surface area contributed by atoms with E-state index in [-0.39, 0.29) is 17.4 Å². The number of benzene rings is 2. The van der Waals surface area contributed by atoms with Crippen LogP contribution in [-0.4, -0.2) is 16.9 Å². The predicted octanol–water partition coefficient (Wildman–Crippen LogP) is 3.60. The lowest BCUT2D eigenvalue weighted by molar-refractivity contribution is 0.443. The summed E-state index contributed by atoms with van der Waals surface area (Å²) in [7, 11) is 0. The quantitative estimate of drug-likeness (QED) is 0.582. The molecule has 2 rings (SSSR count). The van der Waals surface area contributed by atoms with Gasteiger partial charge in [-0.1, -0.05) is 32.0 Å². The number of rotatable bonds is 5. The van der Waals surface area contributed by atoms with Crippen molar-refractivity contribution in [3.63, 3.8) is 0 Å². The number of hydrogen-bond acceptors (Lipinski definition) is 5. The van der Waals surface area contributed by atoms with Gasteiger partial charge in [0.05, 0.1) is 17.6 Å². The summed E-state index contributed by atoms with van der Waals surface area (Å²) in [6, 6.07) is 12.4. The molecule has 0 aliphatic heterocycles. The Kier molecular flexibility index (Phi) is 4.91. The molecule has 23 heavy (non-hydrogen) atoms. The normalized spacial score (nSPS) is 11.5.